The first-order valence-corrected chi connectivity index (χ1v) is 7.12. The highest BCUT2D eigenvalue weighted by atomic mass is 79.9. The summed E-state index contributed by atoms with van der Waals surface area (Å²) in [5, 5.41) is 0. The lowest BCUT2D eigenvalue weighted by molar-refractivity contribution is 0.302. The Kier molecular flexibility index (Phi) is 4.48. The maximum Gasteiger partial charge on any atom is 0.123 e. The normalized spacial score (nSPS) is 10.7. The van der Waals surface area contributed by atoms with Gasteiger partial charge in [0.25, 0.3) is 0 Å². The lowest BCUT2D eigenvalue weighted by atomic mass is 10.0. The highest BCUT2D eigenvalue weighted by molar-refractivity contribution is 9.10. The predicted octanol–water partition coefficient (Wildman–Crippen LogP) is 4.73. The van der Waals surface area contributed by atoms with Crippen molar-refractivity contribution in [1.29, 1.82) is 0 Å². The van der Waals surface area contributed by atoms with Crippen molar-refractivity contribution in [2.45, 2.75) is 26.4 Å². The number of ether oxygens (including phenoxy) is 1. The molecule has 0 aliphatic carbocycles. The summed E-state index contributed by atoms with van der Waals surface area (Å²) in [6, 6.07) is 13.9. The molecule has 2 aromatic carbocycles. The van der Waals surface area contributed by atoms with Gasteiger partial charge in [0.1, 0.15) is 12.4 Å². The molecule has 2 nitrogen and oxygen atoms in total. The molecule has 0 bridgehead atoms. The SMILES string of the molecule is CC(C)c1cc(Br)ccc1OCc1ccc(N)cc1. The van der Waals surface area contributed by atoms with Crippen molar-refractivity contribution in [2.75, 3.05) is 5.73 Å². The smallest absolute Gasteiger partial charge is 0.123 e. The Labute approximate surface area is 122 Å². The number of benzene rings is 2. The van der Waals surface area contributed by atoms with Gasteiger partial charge in [-0.2, -0.15) is 0 Å². The molecular formula is C16H18BrNO. The number of halogens is 1. The number of anilines is 1. The fraction of sp³-hybridized carbons (Fsp3) is 0.250. The van der Waals surface area contributed by atoms with Gasteiger partial charge in [-0.05, 0) is 47.4 Å². The molecule has 2 aromatic rings. The van der Waals surface area contributed by atoms with E-state index in [1.54, 1.807) is 0 Å². The summed E-state index contributed by atoms with van der Waals surface area (Å²) in [6.07, 6.45) is 0. The number of hydrogen-bond donors (Lipinski definition) is 1. The summed E-state index contributed by atoms with van der Waals surface area (Å²) in [4.78, 5) is 0. The van der Waals surface area contributed by atoms with Gasteiger partial charge in [-0.25, -0.2) is 0 Å². The molecule has 0 aliphatic heterocycles. The van der Waals surface area contributed by atoms with Crippen molar-refractivity contribution < 1.29 is 4.74 Å². The van der Waals surface area contributed by atoms with Crippen LogP contribution < -0.4 is 10.5 Å². The van der Waals surface area contributed by atoms with Crippen molar-refractivity contribution in [2.24, 2.45) is 0 Å². The molecule has 0 unspecified atom stereocenters. The minimum atomic E-state index is 0.430. The summed E-state index contributed by atoms with van der Waals surface area (Å²) in [7, 11) is 0. The Hall–Kier alpha value is -1.48. The molecule has 0 saturated heterocycles. The lowest BCUT2D eigenvalue weighted by Gasteiger charge is -2.14. The Balaban J connectivity index is 2.13. The van der Waals surface area contributed by atoms with Crippen LogP contribution in [0.4, 0.5) is 5.69 Å². The van der Waals surface area contributed by atoms with Gasteiger partial charge >= 0.3 is 0 Å². The minimum Gasteiger partial charge on any atom is -0.489 e. The molecule has 0 amide bonds. The minimum absolute atomic E-state index is 0.430. The molecule has 0 radical (unpaired) electrons. The second-order valence-electron chi connectivity index (χ2n) is 4.87. The fourth-order valence-electron chi connectivity index (χ4n) is 1.88. The molecule has 0 aliphatic rings. The van der Waals surface area contributed by atoms with E-state index in [1.807, 2.05) is 36.4 Å². The molecule has 2 N–H and O–H groups in total. The molecule has 0 saturated carbocycles. The molecule has 0 heterocycles. The van der Waals surface area contributed by atoms with Gasteiger partial charge in [0, 0.05) is 10.2 Å². The van der Waals surface area contributed by atoms with Gasteiger partial charge in [-0.1, -0.05) is 41.9 Å². The standard InChI is InChI=1S/C16H18BrNO/c1-11(2)15-9-13(17)5-8-16(15)19-10-12-3-6-14(18)7-4-12/h3-9,11H,10,18H2,1-2H3. The topological polar surface area (TPSA) is 35.2 Å². The van der Waals surface area contributed by atoms with Crippen LogP contribution in [0.25, 0.3) is 0 Å². The van der Waals surface area contributed by atoms with E-state index in [0.29, 0.717) is 12.5 Å². The van der Waals surface area contributed by atoms with Crippen molar-refractivity contribution in [3.05, 3.63) is 58.1 Å². The Morgan fingerprint density at radius 1 is 1.11 bits per heavy atom. The summed E-state index contributed by atoms with van der Waals surface area (Å²) >= 11 is 3.50. The molecule has 100 valence electrons. The third-order valence-corrected chi connectivity index (χ3v) is 3.46. The molecule has 0 atom stereocenters. The van der Waals surface area contributed by atoms with Gasteiger partial charge in [0.15, 0.2) is 0 Å². The molecule has 0 fully saturated rings. The average Bonchev–Trinajstić information content (AvgIpc) is 2.39. The Morgan fingerprint density at radius 2 is 1.79 bits per heavy atom. The van der Waals surface area contributed by atoms with Crippen molar-refractivity contribution in [3.63, 3.8) is 0 Å². The van der Waals surface area contributed by atoms with Crippen LogP contribution in [0.3, 0.4) is 0 Å². The number of hydrogen-bond acceptors (Lipinski definition) is 2. The van der Waals surface area contributed by atoms with Crippen LogP contribution in [-0.2, 0) is 6.61 Å². The summed E-state index contributed by atoms with van der Waals surface area (Å²) < 4.78 is 7.00. The fourth-order valence-corrected chi connectivity index (χ4v) is 2.26. The van der Waals surface area contributed by atoms with Gasteiger partial charge < -0.3 is 10.5 Å². The Morgan fingerprint density at radius 3 is 2.42 bits per heavy atom. The molecule has 0 spiro atoms. The van der Waals surface area contributed by atoms with Crippen molar-refractivity contribution in [1.82, 2.24) is 0 Å². The third-order valence-electron chi connectivity index (χ3n) is 2.97. The predicted molar refractivity (Wildman–Crippen MR) is 83.4 cm³/mol. The second kappa shape index (κ2) is 6.11. The monoisotopic (exact) mass is 319 g/mol. The zero-order valence-electron chi connectivity index (χ0n) is 11.2. The van der Waals surface area contributed by atoms with Crippen LogP contribution in [0.5, 0.6) is 5.75 Å². The lowest BCUT2D eigenvalue weighted by Crippen LogP contribution is -2.00. The van der Waals surface area contributed by atoms with Gasteiger partial charge in [0.2, 0.25) is 0 Å². The molecule has 0 aromatic heterocycles. The second-order valence-corrected chi connectivity index (χ2v) is 5.78. The van der Waals surface area contributed by atoms with Gasteiger partial charge in [-0.3, -0.25) is 0 Å². The average molecular weight is 320 g/mol. The van der Waals surface area contributed by atoms with E-state index in [0.717, 1.165) is 21.5 Å². The first-order chi connectivity index (χ1) is 9.06. The first kappa shape index (κ1) is 13.9. The summed E-state index contributed by atoms with van der Waals surface area (Å²) in [5.41, 5.74) is 8.77. The number of nitrogen functional groups attached to an aromatic ring is 1. The van der Waals surface area contributed by atoms with E-state index in [1.165, 1.54) is 5.56 Å². The van der Waals surface area contributed by atoms with Crippen LogP contribution in [0.1, 0.15) is 30.9 Å². The summed E-state index contributed by atoms with van der Waals surface area (Å²) in [6.45, 7) is 4.89. The Bertz CT molecular complexity index is 549. The highest BCUT2D eigenvalue weighted by Crippen LogP contribution is 2.30. The number of nitrogens with two attached hydrogens (primary N) is 1. The number of rotatable bonds is 4. The van der Waals surface area contributed by atoms with Gasteiger partial charge in [0.05, 0.1) is 0 Å². The van der Waals surface area contributed by atoms with Crippen LogP contribution in [0.15, 0.2) is 46.9 Å². The third kappa shape index (κ3) is 3.74. The molecule has 19 heavy (non-hydrogen) atoms. The largest absolute Gasteiger partial charge is 0.489 e. The van der Waals surface area contributed by atoms with Crippen LogP contribution >= 0.6 is 15.9 Å². The maximum atomic E-state index is 5.92. The highest BCUT2D eigenvalue weighted by Gasteiger charge is 2.08. The van der Waals surface area contributed by atoms with E-state index in [9.17, 15) is 0 Å². The van der Waals surface area contributed by atoms with E-state index in [4.69, 9.17) is 10.5 Å². The van der Waals surface area contributed by atoms with E-state index >= 15 is 0 Å². The zero-order valence-corrected chi connectivity index (χ0v) is 12.8. The van der Waals surface area contributed by atoms with E-state index < -0.39 is 0 Å². The van der Waals surface area contributed by atoms with Crippen LogP contribution in [0, 0.1) is 0 Å². The quantitative estimate of drug-likeness (QED) is 0.826. The summed E-state index contributed by atoms with van der Waals surface area (Å²) in [5.74, 6) is 1.37. The maximum absolute atomic E-state index is 5.92. The molecule has 2 rings (SSSR count). The molecular weight excluding hydrogens is 302 g/mol. The van der Waals surface area contributed by atoms with Crippen molar-refractivity contribution in [3.8, 4) is 5.75 Å². The van der Waals surface area contributed by atoms with E-state index in [-0.39, 0.29) is 0 Å². The van der Waals surface area contributed by atoms with Crippen molar-refractivity contribution >= 4 is 21.6 Å². The van der Waals surface area contributed by atoms with E-state index in [2.05, 4.69) is 35.8 Å². The van der Waals surface area contributed by atoms with Crippen LogP contribution in [0.2, 0.25) is 0 Å². The first-order valence-electron chi connectivity index (χ1n) is 6.33. The molecule has 3 heteroatoms. The zero-order chi connectivity index (χ0) is 13.8. The van der Waals surface area contributed by atoms with Crippen LogP contribution in [-0.4, -0.2) is 0 Å². The van der Waals surface area contributed by atoms with Gasteiger partial charge in [-0.15, -0.1) is 0 Å².